The highest BCUT2D eigenvalue weighted by Crippen LogP contribution is 2.22. The van der Waals surface area contributed by atoms with E-state index in [2.05, 4.69) is 0 Å². The van der Waals surface area contributed by atoms with E-state index >= 15 is 0 Å². The van der Waals surface area contributed by atoms with Gasteiger partial charge in [-0.25, -0.2) is 0 Å². The number of hydrogen-bond donors (Lipinski definition) is 3. The van der Waals surface area contributed by atoms with Crippen LogP contribution in [0.25, 0.3) is 0 Å². The van der Waals surface area contributed by atoms with Crippen molar-refractivity contribution in [2.75, 3.05) is 6.54 Å². The summed E-state index contributed by atoms with van der Waals surface area (Å²) in [4.78, 5) is 0. The van der Waals surface area contributed by atoms with Crippen LogP contribution in [-0.2, 0) is 6.42 Å². The van der Waals surface area contributed by atoms with Crippen molar-refractivity contribution < 1.29 is 10.2 Å². The molecule has 0 aromatic heterocycles. The van der Waals surface area contributed by atoms with E-state index in [1.54, 1.807) is 6.07 Å². The highest BCUT2D eigenvalue weighted by Gasteiger charge is 1.99. The van der Waals surface area contributed by atoms with Crippen LogP contribution in [-0.4, -0.2) is 16.8 Å². The first kappa shape index (κ1) is 11.3. The number of phenolic OH excluding ortho intramolecular Hbond substituents is 2. The molecular weight excluding hydrogens is 222 g/mol. The Kier molecular flexibility index (Phi) is 4.70. The molecule has 0 fully saturated rings. The second-order valence-electron chi connectivity index (χ2n) is 2.35. The van der Waals surface area contributed by atoms with Gasteiger partial charge in [-0.15, -0.1) is 17.0 Å². The summed E-state index contributed by atoms with van der Waals surface area (Å²) in [5.41, 5.74) is 6.06. The van der Waals surface area contributed by atoms with Crippen LogP contribution in [0.15, 0.2) is 18.2 Å². The van der Waals surface area contributed by atoms with Gasteiger partial charge in [-0.05, 0) is 24.6 Å². The Balaban J connectivity index is 0.00000121. The molecule has 0 radical (unpaired) electrons. The van der Waals surface area contributed by atoms with E-state index in [-0.39, 0.29) is 28.5 Å². The van der Waals surface area contributed by atoms with Crippen molar-refractivity contribution in [1.29, 1.82) is 0 Å². The minimum absolute atomic E-state index is 0. The van der Waals surface area contributed by atoms with Gasteiger partial charge >= 0.3 is 0 Å². The average Bonchev–Trinajstić information content (AvgIpc) is 1.95. The summed E-state index contributed by atoms with van der Waals surface area (Å²) >= 11 is 0. The molecule has 1 rings (SSSR count). The third kappa shape index (κ3) is 2.71. The summed E-state index contributed by atoms with van der Waals surface area (Å²) < 4.78 is 0. The molecule has 0 saturated heterocycles. The van der Waals surface area contributed by atoms with Gasteiger partial charge in [0.1, 0.15) is 11.5 Å². The first-order valence-electron chi connectivity index (χ1n) is 3.45. The highest BCUT2D eigenvalue weighted by molar-refractivity contribution is 8.93. The molecule has 0 aliphatic carbocycles. The molecule has 0 bridgehead atoms. The summed E-state index contributed by atoms with van der Waals surface area (Å²) in [7, 11) is 0. The zero-order valence-corrected chi connectivity index (χ0v) is 8.24. The van der Waals surface area contributed by atoms with Crippen molar-refractivity contribution in [2.24, 2.45) is 5.73 Å². The van der Waals surface area contributed by atoms with Gasteiger partial charge in [-0.3, -0.25) is 0 Å². The summed E-state index contributed by atoms with van der Waals surface area (Å²) in [6, 6.07) is 4.51. The van der Waals surface area contributed by atoms with E-state index in [1.165, 1.54) is 12.1 Å². The van der Waals surface area contributed by atoms with Crippen LogP contribution in [0.4, 0.5) is 0 Å². The first-order chi connectivity index (χ1) is 5.24. The van der Waals surface area contributed by atoms with Crippen LogP contribution >= 0.6 is 17.0 Å². The van der Waals surface area contributed by atoms with Crippen molar-refractivity contribution in [2.45, 2.75) is 6.42 Å². The highest BCUT2D eigenvalue weighted by atomic mass is 79.9. The quantitative estimate of drug-likeness (QED) is 0.719. The predicted molar refractivity (Wildman–Crippen MR) is 52.9 cm³/mol. The zero-order valence-electron chi connectivity index (χ0n) is 6.53. The van der Waals surface area contributed by atoms with Crippen LogP contribution < -0.4 is 5.73 Å². The second kappa shape index (κ2) is 5.00. The molecule has 12 heavy (non-hydrogen) atoms. The van der Waals surface area contributed by atoms with Gasteiger partial charge in [0.05, 0.1) is 0 Å². The van der Waals surface area contributed by atoms with Crippen LogP contribution in [0.1, 0.15) is 5.56 Å². The maximum Gasteiger partial charge on any atom is 0.122 e. The number of phenols is 2. The second-order valence-corrected chi connectivity index (χ2v) is 2.35. The molecule has 3 nitrogen and oxygen atoms in total. The van der Waals surface area contributed by atoms with Gasteiger partial charge in [0.15, 0.2) is 0 Å². The lowest BCUT2D eigenvalue weighted by atomic mass is 10.1. The van der Waals surface area contributed by atoms with Crippen LogP contribution in [0.5, 0.6) is 11.5 Å². The maximum atomic E-state index is 9.21. The van der Waals surface area contributed by atoms with Crippen molar-refractivity contribution in [3.05, 3.63) is 23.8 Å². The molecule has 0 aliphatic rings. The molecule has 0 spiro atoms. The minimum atomic E-state index is 0. The summed E-state index contributed by atoms with van der Waals surface area (Å²) in [6.07, 6.45) is 0.631. The Labute approximate surface area is 81.6 Å². The third-order valence-corrected chi connectivity index (χ3v) is 1.48. The van der Waals surface area contributed by atoms with E-state index in [1.807, 2.05) is 0 Å². The van der Waals surface area contributed by atoms with Gasteiger partial charge in [0.2, 0.25) is 0 Å². The van der Waals surface area contributed by atoms with E-state index in [0.717, 1.165) is 5.56 Å². The van der Waals surface area contributed by atoms with E-state index < -0.39 is 0 Å². The van der Waals surface area contributed by atoms with Crippen molar-refractivity contribution in [3.63, 3.8) is 0 Å². The van der Waals surface area contributed by atoms with Crippen molar-refractivity contribution in [3.8, 4) is 11.5 Å². The molecular formula is C8H12BrNO2. The van der Waals surface area contributed by atoms with Crippen LogP contribution in [0.2, 0.25) is 0 Å². The molecule has 4 heteroatoms. The first-order valence-corrected chi connectivity index (χ1v) is 3.45. The fourth-order valence-electron chi connectivity index (χ4n) is 0.919. The smallest absolute Gasteiger partial charge is 0.122 e. The lowest BCUT2D eigenvalue weighted by Crippen LogP contribution is -2.02. The Hall–Kier alpha value is -0.740. The zero-order chi connectivity index (χ0) is 8.27. The van der Waals surface area contributed by atoms with E-state index in [4.69, 9.17) is 10.8 Å². The number of halogens is 1. The average molecular weight is 234 g/mol. The Morgan fingerprint density at radius 1 is 1.25 bits per heavy atom. The number of nitrogens with two attached hydrogens (primary N) is 1. The fraction of sp³-hybridized carbons (Fsp3) is 0.250. The normalized spacial score (nSPS) is 9.08. The Morgan fingerprint density at radius 2 is 1.92 bits per heavy atom. The Bertz CT molecular complexity index is 253. The van der Waals surface area contributed by atoms with Crippen LogP contribution in [0, 0.1) is 0 Å². The standard InChI is InChI=1S/C8H11NO2.BrH/c9-4-3-6-1-2-7(10)5-8(6)11;/h1-2,5,10-11H,3-4,9H2;1H. The van der Waals surface area contributed by atoms with Crippen molar-refractivity contribution >= 4 is 17.0 Å². The number of benzene rings is 1. The lowest BCUT2D eigenvalue weighted by Gasteiger charge is -2.01. The lowest BCUT2D eigenvalue weighted by molar-refractivity contribution is 0.446. The van der Waals surface area contributed by atoms with Gasteiger partial charge in [-0.2, -0.15) is 0 Å². The SMILES string of the molecule is Br.NCCc1ccc(O)cc1O. The van der Waals surface area contributed by atoms with Gasteiger partial charge in [-0.1, -0.05) is 6.07 Å². The van der Waals surface area contributed by atoms with E-state index in [9.17, 15) is 5.11 Å². The van der Waals surface area contributed by atoms with Crippen LogP contribution in [0.3, 0.4) is 0 Å². The summed E-state index contributed by atoms with van der Waals surface area (Å²) in [5.74, 6) is 0.179. The van der Waals surface area contributed by atoms with Gasteiger partial charge in [0.25, 0.3) is 0 Å². The molecule has 0 unspecified atom stereocenters. The third-order valence-electron chi connectivity index (χ3n) is 1.48. The number of aromatic hydroxyl groups is 2. The molecule has 0 amide bonds. The minimum Gasteiger partial charge on any atom is -0.508 e. The maximum absolute atomic E-state index is 9.21. The number of rotatable bonds is 2. The molecule has 4 N–H and O–H groups in total. The topological polar surface area (TPSA) is 66.5 Å². The Morgan fingerprint density at radius 3 is 2.42 bits per heavy atom. The molecule has 1 aromatic rings. The molecule has 0 aliphatic heterocycles. The number of hydrogen-bond acceptors (Lipinski definition) is 3. The fourth-order valence-corrected chi connectivity index (χ4v) is 0.919. The predicted octanol–water partition coefficient (Wildman–Crippen LogP) is 1.18. The van der Waals surface area contributed by atoms with E-state index in [0.29, 0.717) is 13.0 Å². The summed E-state index contributed by atoms with van der Waals surface area (Å²) in [6.45, 7) is 0.498. The largest absolute Gasteiger partial charge is 0.508 e. The molecule has 0 heterocycles. The van der Waals surface area contributed by atoms with Gasteiger partial charge < -0.3 is 15.9 Å². The molecule has 0 atom stereocenters. The molecule has 1 aromatic carbocycles. The monoisotopic (exact) mass is 233 g/mol. The summed E-state index contributed by atoms with van der Waals surface area (Å²) in [5, 5.41) is 18.1. The van der Waals surface area contributed by atoms with Crippen molar-refractivity contribution in [1.82, 2.24) is 0 Å². The molecule has 0 saturated carbocycles. The molecule has 68 valence electrons. The van der Waals surface area contributed by atoms with Gasteiger partial charge in [0, 0.05) is 6.07 Å².